The summed E-state index contributed by atoms with van der Waals surface area (Å²) < 4.78 is 50.3. The Bertz CT molecular complexity index is 2440. The number of pyridine rings is 1. The van der Waals surface area contributed by atoms with Crippen LogP contribution >= 0.6 is 0 Å². The van der Waals surface area contributed by atoms with Gasteiger partial charge in [0.05, 0.1) is 35.4 Å². The van der Waals surface area contributed by atoms with Crippen molar-refractivity contribution in [2.75, 3.05) is 32.1 Å². The van der Waals surface area contributed by atoms with Gasteiger partial charge in [-0.15, -0.1) is 0 Å². The van der Waals surface area contributed by atoms with Gasteiger partial charge >= 0.3 is 11.9 Å². The molecule has 3 aliphatic rings. The zero-order chi connectivity index (χ0) is 40.2. The molecule has 3 fully saturated rings. The fraction of sp³-hybridized carbons (Fsp3) is 0.463. The fourth-order valence-corrected chi connectivity index (χ4v) is 9.14. The van der Waals surface area contributed by atoms with E-state index in [-0.39, 0.29) is 35.7 Å². The van der Waals surface area contributed by atoms with Crippen LogP contribution in [0.2, 0.25) is 0 Å². The number of carbonyl (C=O) groups excluding carboxylic acids is 3. The molecule has 300 valence electrons. The first-order valence-electron chi connectivity index (χ1n) is 19.5. The summed E-state index contributed by atoms with van der Waals surface area (Å²) in [5, 5.41) is 10.7. The van der Waals surface area contributed by atoms with Crippen LogP contribution in [0, 0.1) is 12.8 Å². The van der Waals surface area contributed by atoms with Gasteiger partial charge in [0, 0.05) is 37.7 Å². The van der Waals surface area contributed by atoms with E-state index in [1.54, 1.807) is 28.3 Å². The predicted octanol–water partition coefficient (Wildman–Crippen LogP) is 6.26. The van der Waals surface area contributed by atoms with Crippen LogP contribution in [-0.4, -0.2) is 73.3 Å². The number of likely N-dealkylation sites (tertiary alicyclic amines) is 1. The van der Waals surface area contributed by atoms with E-state index >= 15 is 0 Å². The summed E-state index contributed by atoms with van der Waals surface area (Å²) >= 11 is 0. The second-order valence-electron chi connectivity index (χ2n) is 15.7. The molecule has 5 aromatic rings. The summed E-state index contributed by atoms with van der Waals surface area (Å²) in [6.45, 7) is 5.02. The zero-order valence-corrected chi connectivity index (χ0v) is 32.1. The number of rotatable bonds is 8. The molecule has 13 nitrogen and oxygen atoms in total. The van der Waals surface area contributed by atoms with Crippen molar-refractivity contribution in [3.05, 3.63) is 81.7 Å². The van der Waals surface area contributed by atoms with E-state index in [0.29, 0.717) is 29.3 Å². The minimum Gasteiger partial charge on any atom is -0.494 e. The molecule has 3 amide bonds. The molecular formula is C41H45F3N8O5. The Morgan fingerprint density at radius 3 is 2.46 bits per heavy atom. The number of benzene rings is 2. The third kappa shape index (κ3) is 7.42. The number of halogens is 3. The zero-order valence-electron chi connectivity index (χ0n) is 32.1. The number of amides is 3. The van der Waals surface area contributed by atoms with Gasteiger partial charge in [-0.2, -0.15) is 18.3 Å². The summed E-state index contributed by atoms with van der Waals surface area (Å²) in [6.07, 6.45) is 3.77. The lowest BCUT2D eigenvalue weighted by Crippen LogP contribution is -2.44. The van der Waals surface area contributed by atoms with E-state index in [4.69, 9.17) is 9.84 Å². The second kappa shape index (κ2) is 15.1. The maximum Gasteiger partial charge on any atom is 0.433 e. The Hall–Kier alpha value is -5.51. The highest BCUT2D eigenvalue weighted by Crippen LogP contribution is 2.39. The first-order chi connectivity index (χ1) is 27.3. The van der Waals surface area contributed by atoms with Gasteiger partial charge < -0.3 is 15.0 Å². The molecule has 2 aliphatic heterocycles. The summed E-state index contributed by atoms with van der Waals surface area (Å²) in [5.74, 6) is -0.348. The average Bonchev–Trinajstić information content (AvgIpc) is 3.72. The van der Waals surface area contributed by atoms with Gasteiger partial charge in [0.15, 0.2) is 0 Å². The van der Waals surface area contributed by atoms with Crippen LogP contribution in [0.25, 0.3) is 21.9 Å². The summed E-state index contributed by atoms with van der Waals surface area (Å²) in [6, 6.07) is 10.1. The molecule has 1 aliphatic carbocycles. The Morgan fingerprint density at radius 2 is 1.75 bits per heavy atom. The van der Waals surface area contributed by atoms with E-state index in [1.165, 1.54) is 18.7 Å². The number of fused-ring (bicyclic) bond motifs is 2. The fourth-order valence-electron chi connectivity index (χ4n) is 9.14. The van der Waals surface area contributed by atoms with Crippen molar-refractivity contribution in [3.8, 4) is 5.75 Å². The van der Waals surface area contributed by atoms with Crippen molar-refractivity contribution in [2.24, 2.45) is 13.0 Å². The van der Waals surface area contributed by atoms with Crippen LogP contribution < -0.4 is 21.1 Å². The smallest absolute Gasteiger partial charge is 0.433 e. The number of imide groups is 1. The number of nitrogens with one attached hydrogen (secondary N) is 2. The number of imidazole rings is 1. The standard InChI is InChI=1S/C41H45F3N8O5/c1-23-7-12-31-37(49(2)40(56)52(31)32-13-14-35(53)47-39(32)55)36(23)25-15-17-50(18-16-25)21-24-8-10-27(11-9-24)51-22-26-19-30(33(57-3)20-29(26)48-51)46-38(54)28-5-4-6-34(45-28)41(42,43)44/h4-7,12,19-20,22,24-25,27,32H,8-11,13-18,21H2,1-3H3,(H,46,54)(H,47,53,55)/t24-,27-,32?. The lowest BCUT2D eigenvalue weighted by atomic mass is 9.83. The SMILES string of the molecule is COc1cc2nn([C@H]3CC[C@H](CN4CCC(c5c(C)ccc6c5n(C)c(=O)n6C5CCC(=O)NC5=O)CC4)CC3)cc2cc1NC(=O)c1cccc(C(F)(F)F)n1. The Balaban J connectivity index is 0.888. The second-order valence-corrected chi connectivity index (χ2v) is 15.7. The molecule has 2 saturated heterocycles. The summed E-state index contributed by atoms with van der Waals surface area (Å²) in [5.41, 5.74) is 3.16. The molecular weight excluding hydrogens is 741 g/mol. The van der Waals surface area contributed by atoms with Gasteiger partial charge in [0.2, 0.25) is 11.8 Å². The van der Waals surface area contributed by atoms with Crippen LogP contribution in [-0.2, 0) is 22.8 Å². The highest BCUT2D eigenvalue weighted by molar-refractivity contribution is 6.05. The molecule has 0 radical (unpaired) electrons. The normalized spacial score (nSPS) is 21.3. The molecule has 1 atom stereocenters. The highest BCUT2D eigenvalue weighted by atomic mass is 19.4. The predicted molar refractivity (Wildman–Crippen MR) is 206 cm³/mol. The Kier molecular flexibility index (Phi) is 10.2. The minimum absolute atomic E-state index is 0.203. The van der Waals surface area contributed by atoms with Gasteiger partial charge in [-0.3, -0.25) is 33.5 Å². The maximum atomic E-state index is 13.5. The van der Waals surface area contributed by atoms with Crippen LogP contribution in [0.3, 0.4) is 0 Å². The number of aromatic nitrogens is 5. The lowest BCUT2D eigenvalue weighted by molar-refractivity contribution is -0.141. The summed E-state index contributed by atoms with van der Waals surface area (Å²) in [4.78, 5) is 57.1. The molecule has 1 unspecified atom stereocenters. The van der Waals surface area contributed by atoms with Gasteiger partial charge in [-0.05, 0) is 112 Å². The van der Waals surface area contributed by atoms with Gasteiger partial charge in [0.1, 0.15) is 23.2 Å². The first kappa shape index (κ1) is 38.4. The third-order valence-electron chi connectivity index (χ3n) is 12.1. The van der Waals surface area contributed by atoms with Crippen LogP contribution in [0.15, 0.2) is 53.5 Å². The van der Waals surface area contributed by atoms with Crippen molar-refractivity contribution in [3.63, 3.8) is 0 Å². The first-order valence-corrected chi connectivity index (χ1v) is 19.5. The van der Waals surface area contributed by atoms with Gasteiger partial charge in [-0.1, -0.05) is 12.1 Å². The van der Waals surface area contributed by atoms with E-state index < -0.39 is 29.7 Å². The summed E-state index contributed by atoms with van der Waals surface area (Å²) in [7, 11) is 3.22. The van der Waals surface area contributed by atoms with Crippen LogP contribution in [0.1, 0.15) is 96.7 Å². The molecule has 2 N–H and O–H groups in total. The number of aryl methyl sites for hydroxylation is 2. The number of alkyl halides is 3. The molecule has 0 spiro atoms. The van der Waals surface area contributed by atoms with Crippen LogP contribution in [0.4, 0.5) is 18.9 Å². The van der Waals surface area contributed by atoms with E-state index in [1.807, 2.05) is 23.0 Å². The number of piperidine rings is 2. The lowest BCUT2D eigenvalue weighted by Gasteiger charge is -2.37. The molecule has 2 aromatic carbocycles. The number of nitrogens with zero attached hydrogens (tertiary/aromatic N) is 6. The van der Waals surface area contributed by atoms with Crippen molar-refractivity contribution in [1.82, 2.24) is 34.1 Å². The number of anilines is 1. The Morgan fingerprint density at radius 1 is 1.00 bits per heavy atom. The van der Waals surface area contributed by atoms with E-state index in [9.17, 15) is 32.3 Å². The Labute approximate surface area is 326 Å². The van der Waals surface area contributed by atoms with E-state index in [2.05, 4.69) is 27.4 Å². The average molecular weight is 787 g/mol. The van der Waals surface area contributed by atoms with Gasteiger partial charge in [-0.25, -0.2) is 9.78 Å². The minimum atomic E-state index is -4.67. The van der Waals surface area contributed by atoms with E-state index in [0.717, 1.165) is 92.3 Å². The third-order valence-corrected chi connectivity index (χ3v) is 12.1. The quantitative estimate of drug-likeness (QED) is 0.176. The number of carbonyl (C=O) groups is 3. The largest absolute Gasteiger partial charge is 0.494 e. The molecule has 3 aromatic heterocycles. The van der Waals surface area contributed by atoms with Crippen LogP contribution in [0.5, 0.6) is 5.75 Å². The number of ether oxygens (including phenoxy) is 1. The molecule has 8 rings (SSSR count). The molecule has 16 heteroatoms. The monoisotopic (exact) mass is 786 g/mol. The molecule has 5 heterocycles. The van der Waals surface area contributed by atoms with Crippen molar-refractivity contribution in [1.29, 1.82) is 0 Å². The van der Waals surface area contributed by atoms with Gasteiger partial charge in [0.25, 0.3) is 5.91 Å². The molecule has 0 bridgehead atoms. The topological polar surface area (TPSA) is 145 Å². The van der Waals surface area contributed by atoms with Crippen molar-refractivity contribution < 1.29 is 32.3 Å². The molecule has 57 heavy (non-hydrogen) atoms. The maximum absolute atomic E-state index is 13.5. The number of hydrogen-bond acceptors (Lipinski definition) is 8. The number of methoxy groups -OCH3 is 1. The highest BCUT2D eigenvalue weighted by Gasteiger charge is 2.35. The molecule has 1 saturated carbocycles. The van der Waals surface area contributed by atoms with Crippen molar-refractivity contribution >= 4 is 45.3 Å². The number of hydrogen-bond donors (Lipinski definition) is 2. The van der Waals surface area contributed by atoms with Crippen molar-refractivity contribution in [2.45, 2.75) is 82.5 Å².